The Bertz CT molecular complexity index is 426. The Balaban J connectivity index is 2.61. The van der Waals surface area contributed by atoms with Crippen LogP contribution in [0.25, 0.3) is 0 Å². The molecule has 0 spiro atoms. The Labute approximate surface area is 112 Å². The lowest BCUT2D eigenvalue weighted by Crippen LogP contribution is -2.30. The number of hydrogen-bond donors (Lipinski definition) is 2. The molecule has 106 valence electrons. The Morgan fingerprint density at radius 2 is 2.21 bits per heavy atom. The molecular formula is C11H20N6O2. The van der Waals surface area contributed by atoms with Crippen LogP contribution in [0.3, 0.4) is 0 Å². The first-order valence-corrected chi connectivity index (χ1v) is 6.31. The molecule has 3 N–H and O–H groups in total. The van der Waals surface area contributed by atoms with E-state index < -0.39 is 4.92 Å². The van der Waals surface area contributed by atoms with Crippen molar-refractivity contribution in [2.45, 2.75) is 20.3 Å². The van der Waals surface area contributed by atoms with E-state index in [1.807, 2.05) is 0 Å². The van der Waals surface area contributed by atoms with Gasteiger partial charge in [0.05, 0.1) is 4.92 Å². The van der Waals surface area contributed by atoms with Gasteiger partial charge in [0, 0.05) is 13.1 Å². The van der Waals surface area contributed by atoms with Gasteiger partial charge in [-0.15, -0.1) is 0 Å². The molecule has 1 rings (SSSR count). The minimum absolute atomic E-state index is 0.0222. The molecule has 0 unspecified atom stereocenters. The Morgan fingerprint density at radius 3 is 2.79 bits per heavy atom. The van der Waals surface area contributed by atoms with Crippen LogP contribution in [0.1, 0.15) is 20.3 Å². The van der Waals surface area contributed by atoms with Gasteiger partial charge in [-0.1, -0.05) is 13.8 Å². The molecule has 0 amide bonds. The summed E-state index contributed by atoms with van der Waals surface area (Å²) in [4.78, 5) is 20.0. The van der Waals surface area contributed by atoms with Gasteiger partial charge >= 0.3 is 5.69 Å². The molecule has 19 heavy (non-hydrogen) atoms. The number of nitrogen functional groups attached to an aromatic ring is 1. The normalized spacial score (nSPS) is 10.7. The maximum Gasteiger partial charge on any atom is 0.329 e. The van der Waals surface area contributed by atoms with Gasteiger partial charge in [0.1, 0.15) is 6.20 Å². The summed E-state index contributed by atoms with van der Waals surface area (Å²) in [5.74, 6) is 0.194. The van der Waals surface area contributed by atoms with Crippen molar-refractivity contribution in [2.24, 2.45) is 0 Å². The summed E-state index contributed by atoms with van der Waals surface area (Å²) in [7, 11) is 0. The number of likely N-dealkylation sites (N-methyl/N-ethyl adjacent to an activating group) is 1. The van der Waals surface area contributed by atoms with Crippen LogP contribution in [-0.2, 0) is 0 Å². The Hall–Kier alpha value is -1.96. The van der Waals surface area contributed by atoms with Gasteiger partial charge in [-0.05, 0) is 19.5 Å². The predicted molar refractivity (Wildman–Crippen MR) is 74.0 cm³/mol. The quantitative estimate of drug-likeness (QED) is 0.536. The zero-order chi connectivity index (χ0) is 14.3. The largest absolute Gasteiger partial charge is 0.368 e. The van der Waals surface area contributed by atoms with Gasteiger partial charge in [0.25, 0.3) is 0 Å². The second-order valence-electron chi connectivity index (χ2n) is 4.08. The van der Waals surface area contributed by atoms with Crippen molar-refractivity contribution in [3.8, 4) is 0 Å². The average molecular weight is 268 g/mol. The van der Waals surface area contributed by atoms with Crippen molar-refractivity contribution in [2.75, 3.05) is 37.2 Å². The fourth-order valence-corrected chi connectivity index (χ4v) is 1.73. The van der Waals surface area contributed by atoms with Crippen LogP contribution in [0.5, 0.6) is 0 Å². The zero-order valence-corrected chi connectivity index (χ0v) is 11.3. The van der Waals surface area contributed by atoms with Crippen LogP contribution in [-0.4, -0.2) is 46.0 Å². The smallest absolute Gasteiger partial charge is 0.329 e. The number of nitro groups is 1. The predicted octanol–water partition coefficient (Wildman–Crippen LogP) is 1.11. The molecule has 1 heterocycles. The van der Waals surface area contributed by atoms with Crippen molar-refractivity contribution in [3.05, 3.63) is 16.3 Å². The van der Waals surface area contributed by atoms with Crippen LogP contribution >= 0.6 is 0 Å². The topological polar surface area (TPSA) is 110 Å². The summed E-state index contributed by atoms with van der Waals surface area (Å²) in [6, 6.07) is 0. The summed E-state index contributed by atoms with van der Waals surface area (Å²) in [5.41, 5.74) is 5.28. The lowest BCUT2D eigenvalue weighted by Gasteiger charge is -2.19. The zero-order valence-electron chi connectivity index (χ0n) is 11.3. The second-order valence-corrected chi connectivity index (χ2v) is 4.08. The monoisotopic (exact) mass is 268 g/mol. The van der Waals surface area contributed by atoms with Gasteiger partial charge in [0.15, 0.2) is 0 Å². The van der Waals surface area contributed by atoms with E-state index in [-0.39, 0.29) is 17.5 Å². The average Bonchev–Trinajstić information content (AvgIpc) is 2.37. The van der Waals surface area contributed by atoms with E-state index >= 15 is 0 Å². The summed E-state index contributed by atoms with van der Waals surface area (Å²) >= 11 is 0. The van der Waals surface area contributed by atoms with E-state index in [0.717, 1.165) is 32.3 Å². The van der Waals surface area contributed by atoms with Crippen molar-refractivity contribution in [1.29, 1.82) is 0 Å². The SMILES string of the molecule is CCCN(CC)CCNc1nc(N)ncc1[N+](=O)[O-]. The molecule has 0 aromatic carbocycles. The first kappa shape index (κ1) is 15.1. The third-order valence-electron chi connectivity index (χ3n) is 2.69. The summed E-state index contributed by atoms with van der Waals surface area (Å²) < 4.78 is 0. The number of nitrogens with two attached hydrogens (primary N) is 1. The number of rotatable bonds is 8. The third-order valence-corrected chi connectivity index (χ3v) is 2.69. The van der Waals surface area contributed by atoms with Gasteiger partial charge in [0.2, 0.25) is 11.8 Å². The molecule has 8 nitrogen and oxygen atoms in total. The molecule has 0 bridgehead atoms. The molecule has 1 aromatic heterocycles. The highest BCUT2D eigenvalue weighted by atomic mass is 16.6. The first-order chi connectivity index (χ1) is 9.08. The lowest BCUT2D eigenvalue weighted by molar-refractivity contribution is -0.384. The molecule has 1 aromatic rings. The number of anilines is 2. The number of aromatic nitrogens is 2. The van der Waals surface area contributed by atoms with Crippen LogP contribution in [0.2, 0.25) is 0 Å². The summed E-state index contributed by atoms with van der Waals surface area (Å²) in [6.45, 7) is 7.53. The van der Waals surface area contributed by atoms with Gasteiger partial charge in [-0.3, -0.25) is 10.1 Å². The Kier molecular flexibility index (Phi) is 5.94. The number of nitrogens with zero attached hydrogens (tertiary/aromatic N) is 4. The van der Waals surface area contributed by atoms with Crippen LogP contribution in [0.4, 0.5) is 17.5 Å². The lowest BCUT2D eigenvalue weighted by atomic mass is 10.4. The molecule has 0 aliphatic rings. The standard InChI is InChI=1S/C11H20N6O2/c1-3-6-16(4-2)7-5-13-10-9(17(18)19)8-14-11(12)15-10/h8H,3-7H2,1-2H3,(H3,12,13,14,15). The molecule has 0 aliphatic heterocycles. The van der Waals surface area contributed by atoms with E-state index in [9.17, 15) is 10.1 Å². The molecular weight excluding hydrogens is 248 g/mol. The minimum Gasteiger partial charge on any atom is -0.368 e. The van der Waals surface area contributed by atoms with Gasteiger partial charge in [-0.25, -0.2) is 4.98 Å². The Morgan fingerprint density at radius 1 is 1.47 bits per heavy atom. The second kappa shape index (κ2) is 7.47. The van der Waals surface area contributed by atoms with E-state index in [1.165, 1.54) is 0 Å². The highest BCUT2D eigenvalue weighted by Gasteiger charge is 2.16. The van der Waals surface area contributed by atoms with Crippen LogP contribution < -0.4 is 11.1 Å². The fraction of sp³-hybridized carbons (Fsp3) is 0.636. The number of hydrogen-bond acceptors (Lipinski definition) is 7. The van der Waals surface area contributed by atoms with Crippen LogP contribution in [0, 0.1) is 10.1 Å². The molecule has 0 radical (unpaired) electrons. The minimum atomic E-state index is -0.522. The van der Waals surface area contributed by atoms with E-state index in [2.05, 4.69) is 34.0 Å². The molecule has 0 atom stereocenters. The first-order valence-electron chi connectivity index (χ1n) is 6.31. The van der Waals surface area contributed by atoms with Crippen molar-refractivity contribution in [3.63, 3.8) is 0 Å². The summed E-state index contributed by atoms with van der Waals surface area (Å²) in [5, 5.41) is 13.8. The highest BCUT2D eigenvalue weighted by Crippen LogP contribution is 2.20. The van der Waals surface area contributed by atoms with Crippen LogP contribution in [0.15, 0.2) is 6.20 Å². The maximum atomic E-state index is 10.8. The van der Waals surface area contributed by atoms with Crippen molar-refractivity contribution in [1.82, 2.24) is 14.9 Å². The molecule has 8 heteroatoms. The molecule has 0 saturated heterocycles. The molecule has 0 fully saturated rings. The molecule has 0 aliphatic carbocycles. The number of nitrogens with one attached hydrogen (secondary N) is 1. The third kappa shape index (κ3) is 4.66. The van der Waals surface area contributed by atoms with E-state index in [0.29, 0.717) is 6.54 Å². The van der Waals surface area contributed by atoms with Crippen molar-refractivity contribution >= 4 is 17.5 Å². The fourth-order valence-electron chi connectivity index (χ4n) is 1.73. The highest BCUT2D eigenvalue weighted by molar-refractivity contribution is 5.56. The summed E-state index contributed by atoms with van der Waals surface area (Å²) in [6.07, 6.45) is 2.20. The maximum absolute atomic E-state index is 10.8. The van der Waals surface area contributed by atoms with E-state index in [1.54, 1.807) is 0 Å². The van der Waals surface area contributed by atoms with Crippen molar-refractivity contribution < 1.29 is 4.92 Å². The van der Waals surface area contributed by atoms with Gasteiger partial charge < -0.3 is 16.0 Å². The van der Waals surface area contributed by atoms with E-state index in [4.69, 9.17) is 5.73 Å². The molecule has 0 saturated carbocycles. The van der Waals surface area contributed by atoms with Gasteiger partial charge in [-0.2, -0.15) is 4.98 Å².